The molecule has 0 fully saturated rings. The van der Waals surface area contributed by atoms with Crippen LogP contribution in [-0.4, -0.2) is 15.9 Å². The molecule has 0 radical (unpaired) electrons. The Kier molecular flexibility index (Phi) is 2.52. The van der Waals surface area contributed by atoms with E-state index in [9.17, 15) is 4.79 Å². The van der Waals surface area contributed by atoms with Crippen molar-refractivity contribution in [3.8, 4) is 5.88 Å². The average molecular weight is 203 g/mol. The topological polar surface area (TPSA) is 104 Å². The zero-order valence-electron chi connectivity index (χ0n) is 6.74. The number of carbonyl (C=O) groups excluding carboxylic acids is 1. The van der Waals surface area contributed by atoms with Gasteiger partial charge in [0.05, 0.1) is 0 Å². The summed E-state index contributed by atoms with van der Waals surface area (Å²) >= 11 is 5.52. The van der Waals surface area contributed by atoms with Crippen molar-refractivity contribution < 1.29 is 9.53 Å². The van der Waals surface area contributed by atoms with Crippen LogP contribution < -0.4 is 16.2 Å². The van der Waals surface area contributed by atoms with Crippen LogP contribution in [0.15, 0.2) is 0 Å². The molecule has 6 nitrogen and oxygen atoms in total. The second kappa shape index (κ2) is 3.44. The van der Waals surface area contributed by atoms with E-state index in [0.29, 0.717) is 0 Å². The predicted octanol–water partition coefficient (Wildman–Crippen LogP) is 0.220. The summed E-state index contributed by atoms with van der Waals surface area (Å²) in [6, 6.07) is 0. The molecule has 1 aromatic heterocycles. The fourth-order valence-corrected chi connectivity index (χ4v) is 0.758. The molecule has 0 aromatic carbocycles. The van der Waals surface area contributed by atoms with E-state index < -0.39 is 5.97 Å². The van der Waals surface area contributed by atoms with Gasteiger partial charge in [0.15, 0.2) is 16.8 Å². The molecule has 70 valence electrons. The molecule has 13 heavy (non-hydrogen) atoms. The second-order valence-corrected chi connectivity index (χ2v) is 2.54. The molecule has 0 atom stereocenters. The maximum Gasteiger partial charge on any atom is 0.309 e. The lowest BCUT2D eigenvalue weighted by Gasteiger charge is -2.04. The zero-order chi connectivity index (χ0) is 10.0. The van der Waals surface area contributed by atoms with E-state index in [1.165, 1.54) is 6.92 Å². The number of hydrogen-bond donors (Lipinski definition) is 2. The number of hydrogen-bond acceptors (Lipinski definition) is 6. The molecule has 1 aromatic rings. The molecule has 4 N–H and O–H groups in total. The van der Waals surface area contributed by atoms with Crippen LogP contribution >= 0.6 is 11.6 Å². The number of halogens is 1. The third-order valence-corrected chi connectivity index (χ3v) is 1.39. The summed E-state index contributed by atoms with van der Waals surface area (Å²) in [6.45, 7) is 1.21. The number of esters is 1. The van der Waals surface area contributed by atoms with Gasteiger partial charge in [0, 0.05) is 6.92 Å². The number of nitrogen functional groups attached to an aromatic ring is 2. The molecule has 1 heterocycles. The fraction of sp³-hybridized carbons (Fsp3) is 0.167. The summed E-state index contributed by atoms with van der Waals surface area (Å²) in [4.78, 5) is 17.8. The Hall–Kier alpha value is -1.56. The number of carbonyl (C=O) groups is 1. The third kappa shape index (κ3) is 2.19. The summed E-state index contributed by atoms with van der Waals surface area (Å²) in [5.74, 6) is -0.763. The van der Waals surface area contributed by atoms with Crippen LogP contribution in [-0.2, 0) is 4.79 Å². The highest BCUT2D eigenvalue weighted by Gasteiger charge is 2.10. The molecule has 0 saturated heterocycles. The zero-order valence-corrected chi connectivity index (χ0v) is 7.50. The van der Waals surface area contributed by atoms with Gasteiger partial charge < -0.3 is 16.2 Å². The Bertz CT molecular complexity index is 355. The Morgan fingerprint density at radius 1 is 1.38 bits per heavy atom. The van der Waals surface area contributed by atoms with Gasteiger partial charge in [-0.1, -0.05) is 11.6 Å². The Morgan fingerprint density at radius 3 is 2.54 bits per heavy atom. The molecule has 0 aliphatic rings. The average Bonchev–Trinajstić information content (AvgIpc) is 1.99. The second-order valence-electron chi connectivity index (χ2n) is 2.18. The molecular weight excluding hydrogens is 196 g/mol. The lowest BCUT2D eigenvalue weighted by molar-refractivity contribution is -0.132. The normalized spacial score (nSPS) is 9.69. The van der Waals surface area contributed by atoms with Gasteiger partial charge in [-0.3, -0.25) is 4.79 Å². The number of nitrogens with zero attached hydrogens (tertiary/aromatic N) is 2. The third-order valence-electron chi connectivity index (χ3n) is 1.11. The molecule has 0 saturated carbocycles. The van der Waals surface area contributed by atoms with Crippen molar-refractivity contribution in [2.75, 3.05) is 11.5 Å². The first kappa shape index (κ1) is 9.53. The Balaban J connectivity index is 3.08. The van der Waals surface area contributed by atoms with Gasteiger partial charge in [-0.15, -0.1) is 0 Å². The molecule has 0 bridgehead atoms. The van der Waals surface area contributed by atoms with E-state index >= 15 is 0 Å². The molecule has 7 heteroatoms. The van der Waals surface area contributed by atoms with Gasteiger partial charge >= 0.3 is 5.97 Å². The van der Waals surface area contributed by atoms with E-state index in [-0.39, 0.29) is 22.7 Å². The highest BCUT2D eigenvalue weighted by molar-refractivity contribution is 6.31. The molecule has 0 aliphatic heterocycles. The minimum absolute atomic E-state index is 0.00457. The minimum Gasteiger partial charge on any atom is -0.404 e. The molecule has 0 amide bonds. The minimum atomic E-state index is -0.554. The summed E-state index contributed by atoms with van der Waals surface area (Å²) in [5.41, 5.74) is 10.6. The van der Waals surface area contributed by atoms with Gasteiger partial charge in [0.1, 0.15) is 0 Å². The number of aromatic nitrogens is 2. The largest absolute Gasteiger partial charge is 0.404 e. The van der Waals surface area contributed by atoms with E-state index in [2.05, 4.69) is 14.7 Å². The first-order chi connectivity index (χ1) is 6.00. The van der Waals surface area contributed by atoms with E-state index in [4.69, 9.17) is 23.1 Å². The van der Waals surface area contributed by atoms with Crippen LogP contribution in [0.3, 0.4) is 0 Å². The van der Waals surface area contributed by atoms with Gasteiger partial charge in [-0.2, -0.15) is 4.98 Å². The lowest BCUT2D eigenvalue weighted by Crippen LogP contribution is -2.08. The van der Waals surface area contributed by atoms with Gasteiger partial charge in [0.25, 0.3) is 5.88 Å². The quantitative estimate of drug-likeness (QED) is 0.632. The van der Waals surface area contributed by atoms with Crippen LogP contribution in [0.5, 0.6) is 5.88 Å². The molecule has 1 rings (SSSR count). The summed E-state index contributed by atoms with van der Waals surface area (Å²) in [7, 11) is 0. The number of nitrogens with two attached hydrogens (primary N) is 2. The number of anilines is 2. The predicted molar refractivity (Wildman–Crippen MR) is 47.2 cm³/mol. The van der Waals surface area contributed by atoms with Crippen LogP contribution in [0.4, 0.5) is 11.6 Å². The first-order valence-corrected chi connectivity index (χ1v) is 3.65. The fourth-order valence-electron chi connectivity index (χ4n) is 0.639. The van der Waals surface area contributed by atoms with E-state index in [1.807, 2.05) is 0 Å². The van der Waals surface area contributed by atoms with E-state index in [1.54, 1.807) is 0 Å². The van der Waals surface area contributed by atoms with Crippen molar-refractivity contribution in [1.82, 2.24) is 9.97 Å². The Morgan fingerprint density at radius 2 is 2.00 bits per heavy atom. The first-order valence-electron chi connectivity index (χ1n) is 3.27. The molecule has 0 spiro atoms. The van der Waals surface area contributed by atoms with Crippen LogP contribution in [0, 0.1) is 0 Å². The van der Waals surface area contributed by atoms with Crippen molar-refractivity contribution in [1.29, 1.82) is 0 Å². The van der Waals surface area contributed by atoms with Crippen molar-refractivity contribution in [3.63, 3.8) is 0 Å². The lowest BCUT2D eigenvalue weighted by atomic mass is 10.6. The summed E-state index contributed by atoms with van der Waals surface area (Å²) in [6.07, 6.45) is 0. The SMILES string of the molecule is CC(=O)Oc1nc(Cl)c(N)nc1N. The van der Waals surface area contributed by atoms with Crippen molar-refractivity contribution >= 4 is 29.2 Å². The van der Waals surface area contributed by atoms with Crippen LogP contribution in [0.1, 0.15) is 6.92 Å². The van der Waals surface area contributed by atoms with Crippen LogP contribution in [0.25, 0.3) is 0 Å². The standard InChI is InChI=1S/C6H7ClN4O2/c1-2(12)13-6-5(9)11-4(8)3(7)10-6/h1H3,(H4,8,9,11). The highest BCUT2D eigenvalue weighted by atomic mass is 35.5. The van der Waals surface area contributed by atoms with Crippen molar-refractivity contribution in [2.45, 2.75) is 6.92 Å². The van der Waals surface area contributed by atoms with Gasteiger partial charge in [0.2, 0.25) is 0 Å². The number of rotatable bonds is 1. The van der Waals surface area contributed by atoms with Gasteiger partial charge in [-0.05, 0) is 0 Å². The highest BCUT2D eigenvalue weighted by Crippen LogP contribution is 2.22. The number of ether oxygens (including phenoxy) is 1. The Labute approximate surface area is 78.9 Å². The maximum atomic E-state index is 10.5. The smallest absolute Gasteiger partial charge is 0.309 e. The molecule has 0 unspecified atom stereocenters. The maximum absolute atomic E-state index is 10.5. The molecular formula is C6H7ClN4O2. The monoisotopic (exact) mass is 202 g/mol. The van der Waals surface area contributed by atoms with Crippen LogP contribution in [0.2, 0.25) is 5.15 Å². The summed E-state index contributed by atoms with van der Waals surface area (Å²) < 4.78 is 4.60. The molecule has 0 aliphatic carbocycles. The van der Waals surface area contributed by atoms with E-state index in [0.717, 1.165) is 0 Å². The summed E-state index contributed by atoms with van der Waals surface area (Å²) in [5, 5.41) is -0.0505. The van der Waals surface area contributed by atoms with Crippen molar-refractivity contribution in [2.24, 2.45) is 0 Å². The van der Waals surface area contributed by atoms with Crippen molar-refractivity contribution in [3.05, 3.63) is 5.15 Å². The van der Waals surface area contributed by atoms with Gasteiger partial charge in [-0.25, -0.2) is 4.98 Å².